The average molecular weight is 794 g/mol. The third kappa shape index (κ3) is 36.5. The van der Waals surface area contributed by atoms with Crippen molar-refractivity contribution in [2.24, 2.45) is 11.8 Å². The monoisotopic (exact) mass is 794 g/mol. The summed E-state index contributed by atoms with van der Waals surface area (Å²) >= 11 is 0. The normalized spacial score (nSPS) is 13.3. The van der Waals surface area contributed by atoms with Crippen molar-refractivity contribution in [3.8, 4) is 0 Å². The second-order valence-electron chi connectivity index (χ2n) is 18.1. The van der Waals surface area contributed by atoms with Crippen molar-refractivity contribution in [1.82, 2.24) is 5.32 Å². The first-order chi connectivity index (χ1) is 27.1. The quantitative estimate of drug-likeness (QED) is 0.0377. The van der Waals surface area contributed by atoms with Crippen molar-refractivity contribution >= 4 is 18.0 Å². The van der Waals surface area contributed by atoms with Crippen LogP contribution in [0, 0.1) is 11.8 Å². The summed E-state index contributed by atoms with van der Waals surface area (Å²) in [4.78, 5) is 39.8. The summed E-state index contributed by atoms with van der Waals surface area (Å²) in [5, 5.41) is 2.66. The Bertz CT molecular complexity index is 902. The number of esters is 2. The zero-order valence-electron chi connectivity index (χ0n) is 38.4. The van der Waals surface area contributed by atoms with E-state index in [2.05, 4.69) is 33.0 Å². The van der Waals surface area contributed by atoms with Gasteiger partial charge in [-0.15, -0.1) is 0 Å². The van der Waals surface area contributed by atoms with Crippen molar-refractivity contribution in [2.75, 3.05) is 13.2 Å². The van der Waals surface area contributed by atoms with Crippen LogP contribution < -0.4 is 5.32 Å². The van der Waals surface area contributed by atoms with Crippen molar-refractivity contribution < 1.29 is 28.6 Å². The summed E-state index contributed by atoms with van der Waals surface area (Å²) in [7, 11) is 0. The predicted molar refractivity (Wildman–Crippen MR) is 237 cm³/mol. The van der Waals surface area contributed by atoms with E-state index < -0.39 is 29.7 Å². The third-order valence-electron chi connectivity index (χ3n) is 11.2. The number of carbonyl (C=O) groups is 3. The molecule has 56 heavy (non-hydrogen) atoms. The maximum Gasteiger partial charge on any atom is 0.408 e. The van der Waals surface area contributed by atoms with Crippen LogP contribution in [0.3, 0.4) is 0 Å². The first-order valence-corrected chi connectivity index (χ1v) is 24.4. The van der Waals surface area contributed by atoms with Gasteiger partial charge in [0, 0.05) is 0 Å². The Kier molecular flexibility index (Phi) is 37.5. The highest BCUT2D eigenvalue weighted by atomic mass is 16.6. The topological polar surface area (TPSA) is 90.9 Å². The fourth-order valence-electron chi connectivity index (χ4n) is 7.56. The van der Waals surface area contributed by atoms with Gasteiger partial charge in [0.25, 0.3) is 0 Å². The third-order valence-corrected chi connectivity index (χ3v) is 11.2. The maximum absolute atomic E-state index is 13.6. The average Bonchev–Trinajstić information content (AvgIpc) is 3.15. The number of nitrogens with one attached hydrogen (secondary N) is 1. The van der Waals surface area contributed by atoms with E-state index in [9.17, 15) is 14.4 Å². The predicted octanol–water partition coefficient (Wildman–Crippen LogP) is 15.2. The zero-order chi connectivity index (χ0) is 41.5. The van der Waals surface area contributed by atoms with Crippen molar-refractivity contribution in [1.29, 1.82) is 0 Å². The Balaban J connectivity index is 5.38. The molecule has 0 rings (SSSR count). The largest absolute Gasteiger partial charge is 0.465 e. The van der Waals surface area contributed by atoms with Crippen LogP contribution in [0.25, 0.3) is 0 Å². The van der Waals surface area contributed by atoms with Crippen LogP contribution in [-0.2, 0) is 23.8 Å². The molecule has 0 heterocycles. The number of hydrogen-bond acceptors (Lipinski definition) is 6. The standard InChI is InChI=1S/C49H95NO6/c1-8-12-16-20-24-26-30-34-37-43(36-32-28-22-18-14-10-3)41-54-46(51)40-45(50-48(53)56-49(5,6)7)47(52)55-42-44(38-33-29-23-19-15-11-4)39-35-31-27-25-21-17-13-9-2/h43-45H,8-42H2,1-7H3,(H,50,53)/t43?,44-,45?/m0/s1. The van der Waals surface area contributed by atoms with Gasteiger partial charge in [0.05, 0.1) is 19.6 Å². The number of rotatable bonds is 40. The molecule has 0 bridgehead atoms. The van der Waals surface area contributed by atoms with Gasteiger partial charge >= 0.3 is 18.0 Å². The van der Waals surface area contributed by atoms with Gasteiger partial charge in [-0.2, -0.15) is 0 Å². The van der Waals surface area contributed by atoms with Gasteiger partial charge in [-0.3, -0.25) is 4.79 Å². The van der Waals surface area contributed by atoms with E-state index in [-0.39, 0.29) is 12.3 Å². The van der Waals surface area contributed by atoms with Crippen molar-refractivity contribution in [3.63, 3.8) is 0 Å². The molecule has 0 aromatic heterocycles. The molecule has 7 heteroatoms. The number of unbranched alkanes of at least 4 members (excludes halogenated alkanes) is 24. The Morgan fingerprint density at radius 2 is 0.750 bits per heavy atom. The molecule has 7 nitrogen and oxygen atoms in total. The molecular formula is C49H95NO6. The molecule has 0 aliphatic heterocycles. The number of carbonyl (C=O) groups excluding carboxylic acids is 3. The number of ether oxygens (including phenoxy) is 3. The van der Waals surface area contributed by atoms with E-state index in [0.29, 0.717) is 19.1 Å². The number of alkyl carbamates (subject to hydrolysis) is 1. The van der Waals surface area contributed by atoms with E-state index >= 15 is 0 Å². The Morgan fingerprint density at radius 1 is 0.446 bits per heavy atom. The van der Waals surface area contributed by atoms with Gasteiger partial charge < -0.3 is 19.5 Å². The summed E-state index contributed by atoms with van der Waals surface area (Å²) < 4.78 is 17.3. The lowest BCUT2D eigenvalue weighted by atomic mass is 9.94. The SMILES string of the molecule is CCCCCCCCCCC(CCCCCCCC)COC(=O)CC(NC(=O)OC(C)(C)C)C(=O)OC[C@@H](CCCCCCCC)CCCCCCCCCC. The minimum absolute atomic E-state index is 0.264. The van der Waals surface area contributed by atoms with Crippen LogP contribution in [0.1, 0.15) is 260 Å². The van der Waals surface area contributed by atoms with Gasteiger partial charge in [-0.25, -0.2) is 9.59 Å². The second-order valence-corrected chi connectivity index (χ2v) is 18.1. The summed E-state index contributed by atoms with van der Waals surface area (Å²) in [5.41, 5.74) is -0.740. The smallest absolute Gasteiger partial charge is 0.408 e. The van der Waals surface area contributed by atoms with Gasteiger partial charge in [-0.1, -0.05) is 207 Å². The molecule has 3 atom stereocenters. The minimum atomic E-state index is -1.15. The fraction of sp³-hybridized carbons (Fsp3) is 0.939. The maximum atomic E-state index is 13.6. The first-order valence-electron chi connectivity index (χ1n) is 24.4. The van der Waals surface area contributed by atoms with Crippen LogP contribution >= 0.6 is 0 Å². The molecule has 0 saturated heterocycles. The number of hydrogen-bond donors (Lipinski definition) is 1. The molecule has 0 aromatic rings. The first kappa shape index (κ1) is 54.2. The summed E-state index contributed by atoms with van der Waals surface area (Å²) in [5.74, 6) is -0.472. The van der Waals surface area contributed by atoms with Crippen molar-refractivity contribution in [3.05, 3.63) is 0 Å². The van der Waals surface area contributed by atoms with Crippen LogP contribution in [0.5, 0.6) is 0 Å². The van der Waals surface area contributed by atoms with E-state index in [1.54, 1.807) is 20.8 Å². The molecule has 0 aliphatic rings. The minimum Gasteiger partial charge on any atom is -0.465 e. The van der Waals surface area contributed by atoms with Crippen LogP contribution in [0.15, 0.2) is 0 Å². The number of amides is 1. The van der Waals surface area contributed by atoms with Gasteiger partial charge in [0.1, 0.15) is 11.6 Å². The van der Waals surface area contributed by atoms with Gasteiger partial charge in [0.15, 0.2) is 0 Å². The molecule has 0 fully saturated rings. The van der Waals surface area contributed by atoms with E-state index in [4.69, 9.17) is 14.2 Å². The Morgan fingerprint density at radius 3 is 1.07 bits per heavy atom. The Hall–Kier alpha value is -1.79. The molecule has 1 N–H and O–H groups in total. The molecule has 2 unspecified atom stereocenters. The highest BCUT2D eigenvalue weighted by Crippen LogP contribution is 2.22. The van der Waals surface area contributed by atoms with E-state index in [0.717, 1.165) is 51.4 Å². The zero-order valence-corrected chi connectivity index (χ0v) is 38.4. The second kappa shape index (κ2) is 38.7. The van der Waals surface area contributed by atoms with Crippen LogP contribution in [0.2, 0.25) is 0 Å². The highest BCUT2D eigenvalue weighted by molar-refractivity contribution is 5.86. The van der Waals surface area contributed by atoms with Gasteiger partial charge in [-0.05, 0) is 58.3 Å². The fourth-order valence-corrected chi connectivity index (χ4v) is 7.56. The summed E-state index contributed by atoms with van der Waals surface area (Å²) in [6, 6.07) is -1.15. The molecule has 0 saturated carbocycles. The lowest BCUT2D eigenvalue weighted by Crippen LogP contribution is -2.46. The van der Waals surface area contributed by atoms with Crippen LogP contribution in [0.4, 0.5) is 4.79 Å². The Labute approximate surface area is 348 Å². The lowest BCUT2D eigenvalue weighted by molar-refractivity contribution is -0.154. The highest BCUT2D eigenvalue weighted by Gasteiger charge is 2.29. The molecule has 0 radical (unpaired) electrons. The summed E-state index contributed by atoms with van der Waals surface area (Å²) in [6.07, 6.45) is 38.4. The van der Waals surface area contributed by atoms with Crippen LogP contribution in [-0.4, -0.2) is 42.9 Å². The molecule has 332 valence electrons. The molecule has 0 aromatic carbocycles. The van der Waals surface area contributed by atoms with E-state index in [1.165, 1.54) is 154 Å². The molecule has 0 spiro atoms. The van der Waals surface area contributed by atoms with E-state index in [1.807, 2.05) is 0 Å². The lowest BCUT2D eigenvalue weighted by Gasteiger charge is -2.24. The molecule has 1 amide bonds. The van der Waals surface area contributed by atoms with Gasteiger partial charge in [0.2, 0.25) is 0 Å². The van der Waals surface area contributed by atoms with Crippen molar-refractivity contribution in [2.45, 2.75) is 272 Å². The summed E-state index contributed by atoms with van der Waals surface area (Å²) in [6.45, 7) is 15.0. The molecule has 0 aliphatic carbocycles. The molecular weight excluding hydrogens is 699 g/mol.